The number of carbonyl (C=O) groups excluding carboxylic acids is 1. The van der Waals surface area contributed by atoms with Crippen LogP contribution in [0.3, 0.4) is 0 Å². The molecular formula is C14H9BrClF2NO. The fourth-order valence-electron chi connectivity index (χ4n) is 1.56. The van der Waals surface area contributed by atoms with Crippen LogP contribution in [-0.4, -0.2) is 5.91 Å². The topological polar surface area (TPSA) is 29.1 Å². The molecule has 0 spiro atoms. The molecule has 1 N–H and O–H groups in total. The lowest BCUT2D eigenvalue weighted by atomic mass is 10.1. The van der Waals surface area contributed by atoms with Crippen molar-refractivity contribution in [2.75, 3.05) is 5.32 Å². The molecule has 2 aromatic carbocycles. The van der Waals surface area contributed by atoms with E-state index in [1.165, 1.54) is 0 Å². The summed E-state index contributed by atoms with van der Waals surface area (Å²) in [7, 11) is 0. The zero-order chi connectivity index (χ0) is 14.7. The van der Waals surface area contributed by atoms with Crippen LogP contribution in [0.4, 0.5) is 14.5 Å². The minimum Gasteiger partial charge on any atom is -0.319 e. The molecule has 0 heterocycles. The van der Waals surface area contributed by atoms with Gasteiger partial charge in [-0.1, -0.05) is 12.1 Å². The Balaban J connectivity index is 2.20. The predicted octanol–water partition coefficient (Wildman–Crippen LogP) is 4.72. The Morgan fingerprint density at radius 3 is 2.40 bits per heavy atom. The zero-order valence-electron chi connectivity index (χ0n) is 10.1. The van der Waals surface area contributed by atoms with Crippen LogP contribution in [0.2, 0.25) is 0 Å². The van der Waals surface area contributed by atoms with Crippen LogP contribution in [0.1, 0.15) is 15.9 Å². The number of amides is 1. The highest BCUT2D eigenvalue weighted by Crippen LogP contribution is 2.23. The second-order valence-corrected chi connectivity index (χ2v) is 5.15. The first kappa shape index (κ1) is 14.9. The summed E-state index contributed by atoms with van der Waals surface area (Å²) in [6, 6.07) is 8.41. The monoisotopic (exact) mass is 359 g/mol. The van der Waals surface area contributed by atoms with E-state index in [-0.39, 0.29) is 10.2 Å². The van der Waals surface area contributed by atoms with Gasteiger partial charge in [0.2, 0.25) is 0 Å². The van der Waals surface area contributed by atoms with Crippen LogP contribution in [0.5, 0.6) is 0 Å². The number of hydrogen-bond donors (Lipinski definition) is 1. The highest BCUT2D eigenvalue weighted by molar-refractivity contribution is 9.10. The van der Waals surface area contributed by atoms with Gasteiger partial charge in [0.1, 0.15) is 11.6 Å². The fourth-order valence-corrected chi connectivity index (χ4v) is 2.05. The quantitative estimate of drug-likeness (QED) is 0.623. The molecule has 2 nitrogen and oxygen atoms in total. The highest BCUT2D eigenvalue weighted by Gasteiger charge is 2.12. The number of alkyl halides is 1. The number of nitrogens with one attached hydrogen (secondary N) is 1. The van der Waals surface area contributed by atoms with Gasteiger partial charge in [0.25, 0.3) is 5.91 Å². The van der Waals surface area contributed by atoms with Crippen molar-refractivity contribution in [3.8, 4) is 0 Å². The third-order valence-electron chi connectivity index (χ3n) is 2.63. The van der Waals surface area contributed by atoms with E-state index >= 15 is 0 Å². The summed E-state index contributed by atoms with van der Waals surface area (Å²) in [5, 5.41) is 2.32. The first-order valence-corrected chi connectivity index (χ1v) is 6.95. The fraction of sp³-hybridized carbons (Fsp3) is 0.0714. The van der Waals surface area contributed by atoms with Crippen LogP contribution in [0, 0.1) is 11.6 Å². The van der Waals surface area contributed by atoms with E-state index in [2.05, 4.69) is 21.2 Å². The average Bonchev–Trinajstić information content (AvgIpc) is 2.44. The van der Waals surface area contributed by atoms with Gasteiger partial charge in [0, 0.05) is 17.5 Å². The molecule has 20 heavy (non-hydrogen) atoms. The lowest BCUT2D eigenvalue weighted by molar-refractivity contribution is 0.102. The van der Waals surface area contributed by atoms with E-state index in [1.807, 2.05) is 0 Å². The van der Waals surface area contributed by atoms with Crippen molar-refractivity contribution in [2.45, 2.75) is 5.88 Å². The molecule has 104 valence electrons. The van der Waals surface area contributed by atoms with Gasteiger partial charge in [-0.15, -0.1) is 11.6 Å². The van der Waals surface area contributed by atoms with Gasteiger partial charge in [-0.2, -0.15) is 0 Å². The molecule has 0 radical (unpaired) electrons. The Kier molecular flexibility index (Phi) is 4.73. The summed E-state index contributed by atoms with van der Waals surface area (Å²) in [5.74, 6) is -1.55. The van der Waals surface area contributed by atoms with Crippen LogP contribution < -0.4 is 5.32 Å². The Hall–Kier alpha value is -1.46. The van der Waals surface area contributed by atoms with Crippen LogP contribution in [0.15, 0.2) is 40.9 Å². The maximum absolute atomic E-state index is 13.6. The van der Waals surface area contributed by atoms with E-state index in [4.69, 9.17) is 11.6 Å². The Labute approximate surface area is 127 Å². The van der Waals surface area contributed by atoms with E-state index in [0.29, 0.717) is 11.4 Å². The number of anilines is 1. The smallest absolute Gasteiger partial charge is 0.255 e. The van der Waals surface area contributed by atoms with Gasteiger partial charge in [-0.3, -0.25) is 4.79 Å². The van der Waals surface area contributed by atoms with E-state index in [0.717, 1.165) is 17.7 Å². The van der Waals surface area contributed by atoms with Crippen molar-refractivity contribution < 1.29 is 13.6 Å². The molecule has 0 bridgehead atoms. The van der Waals surface area contributed by atoms with Crippen molar-refractivity contribution in [3.05, 3.63) is 63.6 Å². The predicted molar refractivity (Wildman–Crippen MR) is 78.0 cm³/mol. The maximum Gasteiger partial charge on any atom is 0.255 e. The van der Waals surface area contributed by atoms with Crippen molar-refractivity contribution >= 4 is 39.1 Å². The molecule has 0 aliphatic heterocycles. The Morgan fingerprint density at radius 1 is 1.15 bits per heavy atom. The third-order valence-corrected chi connectivity index (χ3v) is 3.54. The lowest BCUT2D eigenvalue weighted by Gasteiger charge is -2.08. The van der Waals surface area contributed by atoms with Crippen LogP contribution in [-0.2, 0) is 5.88 Å². The standard InChI is InChI=1S/C14H9BrClF2NO/c15-10-5-12(18)13(6-11(10)17)19-14(20)9-3-1-8(7-16)2-4-9/h1-6H,7H2,(H,19,20). The van der Waals surface area contributed by atoms with E-state index < -0.39 is 17.5 Å². The van der Waals surface area contributed by atoms with Gasteiger partial charge in [0.05, 0.1) is 10.2 Å². The Bertz CT molecular complexity index is 646. The normalized spacial score (nSPS) is 10.4. The minimum absolute atomic E-state index is 0.000496. The number of rotatable bonds is 3. The lowest BCUT2D eigenvalue weighted by Crippen LogP contribution is -2.13. The highest BCUT2D eigenvalue weighted by atomic mass is 79.9. The summed E-state index contributed by atoms with van der Waals surface area (Å²) >= 11 is 8.51. The molecule has 0 unspecified atom stereocenters. The number of halogens is 4. The van der Waals surface area contributed by atoms with Gasteiger partial charge in [-0.25, -0.2) is 8.78 Å². The molecule has 0 aromatic heterocycles. The molecule has 2 rings (SSSR count). The largest absolute Gasteiger partial charge is 0.319 e. The first-order chi connectivity index (χ1) is 9.51. The van der Waals surface area contributed by atoms with Gasteiger partial charge >= 0.3 is 0 Å². The third kappa shape index (κ3) is 3.35. The molecule has 0 aliphatic rings. The van der Waals surface area contributed by atoms with E-state index in [9.17, 15) is 13.6 Å². The molecule has 0 saturated heterocycles. The molecule has 0 saturated carbocycles. The van der Waals surface area contributed by atoms with Crippen LogP contribution >= 0.6 is 27.5 Å². The second kappa shape index (κ2) is 6.33. The molecule has 6 heteroatoms. The van der Waals surface area contributed by atoms with Crippen molar-refractivity contribution in [3.63, 3.8) is 0 Å². The molecule has 0 fully saturated rings. The van der Waals surface area contributed by atoms with Crippen LogP contribution in [0.25, 0.3) is 0 Å². The SMILES string of the molecule is O=C(Nc1cc(F)c(Br)cc1F)c1ccc(CCl)cc1. The Morgan fingerprint density at radius 2 is 1.80 bits per heavy atom. The zero-order valence-corrected chi connectivity index (χ0v) is 12.4. The first-order valence-electron chi connectivity index (χ1n) is 5.62. The number of carbonyl (C=O) groups is 1. The second-order valence-electron chi connectivity index (χ2n) is 4.03. The van der Waals surface area contributed by atoms with Gasteiger partial charge in [-0.05, 0) is 39.7 Å². The summed E-state index contributed by atoms with van der Waals surface area (Å²) in [6.07, 6.45) is 0. The van der Waals surface area contributed by atoms with Gasteiger partial charge < -0.3 is 5.32 Å². The molecule has 2 aromatic rings. The average molecular weight is 361 g/mol. The summed E-state index contributed by atoms with van der Waals surface area (Å²) in [6.45, 7) is 0. The maximum atomic E-state index is 13.6. The van der Waals surface area contributed by atoms with Crippen molar-refractivity contribution in [1.29, 1.82) is 0 Å². The summed E-state index contributed by atoms with van der Waals surface area (Å²) in [5.41, 5.74) is 0.989. The molecule has 0 atom stereocenters. The molecule has 1 amide bonds. The summed E-state index contributed by atoms with van der Waals surface area (Å²) in [4.78, 5) is 11.9. The molecule has 0 aliphatic carbocycles. The number of hydrogen-bond acceptors (Lipinski definition) is 1. The van der Waals surface area contributed by atoms with Gasteiger partial charge in [0.15, 0.2) is 0 Å². The van der Waals surface area contributed by atoms with E-state index in [1.54, 1.807) is 24.3 Å². The van der Waals surface area contributed by atoms with Crippen molar-refractivity contribution in [2.24, 2.45) is 0 Å². The summed E-state index contributed by atoms with van der Waals surface area (Å²) < 4.78 is 26.9. The minimum atomic E-state index is -0.719. The van der Waals surface area contributed by atoms with Crippen molar-refractivity contribution in [1.82, 2.24) is 0 Å². The molecular weight excluding hydrogens is 352 g/mol. The number of benzene rings is 2.